The maximum Gasteiger partial charge on any atom is 0.234 e. The fraction of sp³-hybridized carbons (Fsp3) is 0.100. The summed E-state index contributed by atoms with van der Waals surface area (Å²) in [5.74, 6) is 0.0589. The minimum Gasteiger partial charge on any atom is -0.325 e. The maximum atomic E-state index is 12.1. The van der Waals surface area contributed by atoms with Gasteiger partial charge in [0, 0.05) is 16.9 Å². The lowest BCUT2D eigenvalue weighted by molar-refractivity contribution is -0.113. The van der Waals surface area contributed by atoms with Crippen molar-refractivity contribution in [2.24, 2.45) is 0 Å². The molecule has 1 N–H and O–H groups in total. The average Bonchev–Trinajstić information content (AvgIpc) is 2.67. The summed E-state index contributed by atoms with van der Waals surface area (Å²) in [5.41, 5.74) is 3.92. The molecule has 0 atom stereocenters. The zero-order valence-electron chi connectivity index (χ0n) is 14.1. The largest absolute Gasteiger partial charge is 0.325 e. The van der Waals surface area contributed by atoms with E-state index in [9.17, 15) is 4.79 Å². The number of hydrogen-bond acceptors (Lipinski definition) is 5. The zero-order valence-corrected chi connectivity index (χ0v) is 15.0. The highest BCUT2D eigenvalue weighted by Crippen LogP contribution is 2.21. The summed E-state index contributed by atoms with van der Waals surface area (Å²) >= 11 is 1.29. The first kappa shape index (κ1) is 17.6. The van der Waals surface area contributed by atoms with E-state index in [2.05, 4.69) is 15.3 Å². The lowest BCUT2D eigenvalue weighted by Gasteiger charge is -2.07. The number of nitrogens with zero attached hydrogens (tertiary/aromatic N) is 3. The van der Waals surface area contributed by atoms with Crippen LogP contribution in [-0.4, -0.2) is 21.6 Å². The van der Waals surface area contributed by atoms with Crippen LogP contribution in [-0.2, 0) is 4.79 Å². The predicted molar refractivity (Wildman–Crippen MR) is 103 cm³/mol. The summed E-state index contributed by atoms with van der Waals surface area (Å²) in [7, 11) is 0. The molecule has 2 aromatic carbocycles. The number of carbonyl (C=O) groups excluding carboxylic acids is 1. The maximum absolute atomic E-state index is 12.1. The van der Waals surface area contributed by atoms with Gasteiger partial charge >= 0.3 is 0 Å². The van der Waals surface area contributed by atoms with Crippen LogP contribution in [0.4, 0.5) is 5.69 Å². The summed E-state index contributed by atoms with van der Waals surface area (Å²) in [6.07, 6.45) is 0. The molecule has 0 radical (unpaired) electrons. The molecule has 0 fully saturated rings. The Morgan fingerprint density at radius 1 is 1.12 bits per heavy atom. The van der Waals surface area contributed by atoms with Crippen LogP contribution in [0.3, 0.4) is 0 Å². The lowest BCUT2D eigenvalue weighted by atomic mass is 10.1. The predicted octanol–water partition coefficient (Wildman–Crippen LogP) is 4.05. The average molecular weight is 360 g/mol. The molecule has 128 valence electrons. The van der Waals surface area contributed by atoms with Crippen molar-refractivity contribution in [3.63, 3.8) is 0 Å². The van der Waals surface area contributed by atoms with Crippen molar-refractivity contribution in [2.45, 2.75) is 12.1 Å². The van der Waals surface area contributed by atoms with Gasteiger partial charge in [-0.15, -0.1) is 0 Å². The minimum atomic E-state index is -0.147. The van der Waals surface area contributed by atoms with E-state index in [4.69, 9.17) is 5.26 Å². The molecule has 0 aliphatic carbocycles. The van der Waals surface area contributed by atoms with Gasteiger partial charge in [-0.05, 0) is 37.3 Å². The summed E-state index contributed by atoms with van der Waals surface area (Å²) in [6, 6.07) is 20.6. The number of amides is 1. The van der Waals surface area contributed by atoms with Crippen molar-refractivity contribution in [1.29, 1.82) is 5.26 Å². The molecular weight excluding hydrogens is 344 g/mol. The van der Waals surface area contributed by atoms with E-state index < -0.39 is 0 Å². The number of aromatic nitrogens is 2. The van der Waals surface area contributed by atoms with Gasteiger partial charge in [-0.25, -0.2) is 9.97 Å². The Morgan fingerprint density at radius 3 is 2.54 bits per heavy atom. The van der Waals surface area contributed by atoms with Crippen LogP contribution in [0.1, 0.15) is 11.3 Å². The SMILES string of the molecule is Cc1cc(-c2ccccc2)nc(SCC(=O)Nc2ccc(C#N)cc2)n1. The van der Waals surface area contributed by atoms with E-state index in [1.54, 1.807) is 24.3 Å². The Bertz CT molecular complexity index is 950. The molecule has 1 amide bonds. The van der Waals surface area contributed by atoms with Gasteiger partial charge in [0.05, 0.1) is 23.1 Å². The summed E-state index contributed by atoms with van der Waals surface area (Å²) in [4.78, 5) is 21.1. The van der Waals surface area contributed by atoms with Crippen LogP contribution in [0.2, 0.25) is 0 Å². The third-order valence-electron chi connectivity index (χ3n) is 3.53. The highest BCUT2D eigenvalue weighted by atomic mass is 32.2. The monoisotopic (exact) mass is 360 g/mol. The quantitative estimate of drug-likeness (QED) is 0.548. The fourth-order valence-electron chi connectivity index (χ4n) is 2.32. The molecule has 0 unspecified atom stereocenters. The van der Waals surface area contributed by atoms with E-state index in [0.29, 0.717) is 16.4 Å². The van der Waals surface area contributed by atoms with Gasteiger partial charge in [0.1, 0.15) is 0 Å². The first-order chi connectivity index (χ1) is 12.6. The van der Waals surface area contributed by atoms with E-state index in [-0.39, 0.29) is 11.7 Å². The lowest BCUT2D eigenvalue weighted by Crippen LogP contribution is -2.14. The smallest absolute Gasteiger partial charge is 0.234 e. The number of hydrogen-bond donors (Lipinski definition) is 1. The second kappa shape index (κ2) is 8.28. The van der Waals surface area contributed by atoms with Gasteiger partial charge in [-0.2, -0.15) is 5.26 Å². The topological polar surface area (TPSA) is 78.7 Å². The number of anilines is 1. The molecule has 3 rings (SSSR count). The number of aryl methyl sites for hydroxylation is 1. The third kappa shape index (κ3) is 4.68. The molecule has 26 heavy (non-hydrogen) atoms. The third-order valence-corrected chi connectivity index (χ3v) is 4.38. The molecule has 0 saturated carbocycles. The number of rotatable bonds is 5. The molecule has 6 heteroatoms. The molecular formula is C20H16N4OS. The fourth-order valence-corrected chi connectivity index (χ4v) is 3.02. The van der Waals surface area contributed by atoms with Crippen LogP contribution in [0.5, 0.6) is 0 Å². The van der Waals surface area contributed by atoms with Gasteiger partial charge in [0.2, 0.25) is 5.91 Å². The molecule has 0 spiro atoms. The second-order valence-corrected chi connectivity index (χ2v) is 6.51. The van der Waals surface area contributed by atoms with Crippen molar-refractivity contribution in [2.75, 3.05) is 11.1 Å². The number of nitrogens with one attached hydrogen (secondary N) is 1. The molecule has 0 aliphatic heterocycles. The zero-order chi connectivity index (χ0) is 18.4. The van der Waals surface area contributed by atoms with Crippen LogP contribution >= 0.6 is 11.8 Å². The Kier molecular flexibility index (Phi) is 5.62. The molecule has 0 aliphatic rings. The van der Waals surface area contributed by atoms with E-state index >= 15 is 0 Å². The van der Waals surface area contributed by atoms with Gasteiger partial charge in [-0.3, -0.25) is 4.79 Å². The summed E-state index contributed by atoms with van der Waals surface area (Å²) in [6.45, 7) is 1.91. The van der Waals surface area contributed by atoms with Crippen molar-refractivity contribution in [3.8, 4) is 17.3 Å². The summed E-state index contributed by atoms with van der Waals surface area (Å²) < 4.78 is 0. The number of nitriles is 1. The number of benzene rings is 2. The van der Waals surface area contributed by atoms with Gasteiger partial charge in [0.15, 0.2) is 5.16 Å². The van der Waals surface area contributed by atoms with Gasteiger partial charge in [0.25, 0.3) is 0 Å². The van der Waals surface area contributed by atoms with Crippen molar-refractivity contribution < 1.29 is 4.79 Å². The highest BCUT2D eigenvalue weighted by Gasteiger charge is 2.09. The number of carbonyl (C=O) groups is 1. The van der Waals surface area contributed by atoms with Crippen LogP contribution in [0, 0.1) is 18.3 Å². The Balaban J connectivity index is 1.64. The van der Waals surface area contributed by atoms with Crippen molar-refractivity contribution >= 4 is 23.4 Å². The minimum absolute atomic E-state index is 0.147. The number of thioether (sulfide) groups is 1. The highest BCUT2D eigenvalue weighted by molar-refractivity contribution is 7.99. The molecule has 5 nitrogen and oxygen atoms in total. The molecule has 0 bridgehead atoms. The molecule has 3 aromatic rings. The van der Waals surface area contributed by atoms with E-state index in [0.717, 1.165) is 17.0 Å². The standard InChI is InChI=1S/C20H16N4OS/c1-14-11-18(16-5-3-2-4-6-16)24-20(22-14)26-13-19(25)23-17-9-7-15(12-21)8-10-17/h2-11H,13H2,1H3,(H,23,25). The molecule has 1 heterocycles. The van der Waals surface area contributed by atoms with Crippen molar-refractivity contribution in [1.82, 2.24) is 9.97 Å². The normalized spacial score (nSPS) is 10.2. The summed E-state index contributed by atoms with van der Waals surface area (Å²) in [5, 5.41) is 12.2. The van der Waals surface area contributed by atoms with Crippen LogP contribution < -0.4 is 5.32 Å². The Morgan fingerprint density at radius 2 is 1.85 bits per heavy atom. The Labute approximate surface area is 156 Å². The molecule has 1 aromatic heterocycles. The first-order valence-corrected chi connectivity index (χ1v) is 8.96. The van der Waals surface area contributed by atoms with Gasteiger partial charge < -0.3 is 5.32 Å². The van der Waals surface area contributed by atoms with Crippen LogP contribution in [0.15, 0.2) is 65.8 Å². The van der Waals surface area contributed by atoms with Crippen molar-refractivity contribution in [3.05, 3.63) is 71.9 Å². The second-order valence-electron chi connectivity index (χ2n) is 5.57. The Hall–Kier alpha value is -3.17. The van der Waals surface area contributed by atoms with E-state index in [1.807, 2.05) is 49.4 Å². The van der Waals surface area contributed by atoms with Crippen LogP contribution in [0.25, 0.3) is 11.3 Å². The first-order valence-electron chi connectivity index (χ1n) is 7.98. The molecule has 0 saturated heterocycles. The van der Waals surface area contributed by atoms with Gasteiger partial charge in [-0.1, -0.05) is 42.1 Å². The van der Waals surface area contributed by atoms with E-state index in [1.165, 1.54) is 11.8 Å².